The van der Waals surface area contributed by atoms with Gasteiger partial charge in [-0.1, -0.05) is 50.8 Å². The molecule has 0 aliphatic heterocycles. The Morgan fingerprint density at radius 1 is 1.26 bits per heavy atom. The summed E-state index contributed by atoms with van der Waals surface area (Å²) in [6.07, 6.45) is 8.03. The fourth-order valence-corrected chi connectivity index (χ4v) is 2.23. The minimum Gasteiger partial charge on any atom is -0.273 e. The maximum atomic E-state index is 11.5. The lowest BCUT2D eigenvalue weighted by Crippen LogP contribution is -2.17. The van der Waals surface area contributed by atoms with Crippen LogP contribution in [0.1, 0.15) is 51.0 Å². The van der Waals surface area contributed by atoms with Crippen molar-refractivity contribution in [3.05, 3.63) is 33.4 Å². The average molecular weight is 372 g/mol. The van der Waals surface area contributed by atoms with Crippen molar-refractivity contribution in [1.82, 2.24) is 5.43 Å². The number of hydrazone groups is 1. The number of carbonyl (C=O) groups excluding carboxylic acids is 1. The quantitative estimate of drug-likeness (QED) is 0.317. The predicted octanol–water partition coefficient (Wildman–Crippen LogP) is 4.10. The van der Waals surface area contributed by atoms with Gasteiger partial charge in [-0.05, 0) is 35.1 Å². The second-order valence-electron chi connectivity index (χ2n) is 4.48. The summed E-state index contributed by atoms with van der Waals surface area (Å²) < 4.78 is 1.12. The van der Waals surface area contributed by atoms with Crippen LogP contribution in [0.25, 0.3) is 0 Å². The third-order valence-corrected chi connectivity index (χ3v) is 3.79. The Bertz CT molecular complexity index is 418. The second-order valence-corrected chi connectivity index (χ2v) is 5.64. The second kappa shape index (κ2) is 9.95. The molecule has 0 saturated carbocycles. The van der Waals surface area contributed by atoms with Gasteiger partial charge in [-0.3, -0.25) is 4.79 Å². The zero-order valence-corrected chi connectivity index (χ0v) is 13.5. The highest BCUT2D eigenvalue weighted by atomic mass is 127. The molecule has 104 valence electrons. The molecule has 0 aliphatic carbocycles. The van der Waals surface area contributed by atoms with Gasteiger partial charge in [0.15, 0.2) is 0 Å². The Morgan fingerprint density at radius 3 is 2.74 bits per heavy atom. The minimum atomic E-state index is -0.00122. The van der Waals surface area contributed by atoms with Crippen LogP contribution >= 0.6 is 22.6 Å². The van der Waals surface area contributed by atoms with Gasteiger partial charge in [0.2, 0.25) is 5.91 Å². The van der Waals surface area contributed by atoms with E-state index in [1.165, 1.54) is 19.3 Å². The van der Waals surface area contributed by atoms with E-state index in [0.717, 1.165) is 22.0 Å². The summed E-state index contributed by atoms with van der Waals surface area (Å²) in [5.41, 5.74) is 3.60. The lowest BCUT2D eigenvalue weighted by molar-refractivity contribution is -0.121. The molecule has 0 radical (unpaired) electrons. The molecule has 1 amide bonds. The van der Waals surface area contributed by atoms with Crippen molar-refractivity contribution in [2.45, 2.75) is 45.4 Å². The molecule has 0 bridgehead atoms. The van der Waals surface area contributed by atoms with E-state index >= 15 is 0 Å². The van der Waals surface area contributed by atoms with Crippen molar-refractivity contribution in [3.63, 3.8) is 0 Å². The van der Waals surface area contributed by atoms with Crippen LogP contribution in [0.3, 0.4) is 0 Å². The summed E-state index contributed by atoms with van der Waals surface area (Å²) >= 11 is 2.25. The lowest BCUT2D eigenvalue weighted by Gasteiger charge is -2.00. The normalized spacial score (nSPS) is 10.8. The average Bonchev–Trinajstić information content (AvgIpc) is 2.41. The number of amides is 1. The van der Waals surface area contributed by atoms with Crippen LogP contribution in [0.2, 0.25) is 0 Å². The Hall–Kier alpha value is -0.910. The molecule has 0 saturated heterocycles. The number of benzene rings is 1. The lowest BCUT2D eigenvalue weighted by atomic mass is 10.1. The molecule has 0 fully saturated rings. The van der Waals surface area contributed by atoms with Gasteiger partial charge in [-0.25, -0.2) is 5.43 Å². The Labute approximate surface area is 129 Å². The monoisotopic (exact) mass is 372 g/mol. The van der Waals surface area contributed by atoms with E-state index < -0.39 is 0 Å². The first-order chi connectivity index (χ1) is 9.24. The van der Waals surface area contributed by atoms with E-state index in [0.29, 0.717) is 6.42 Å². The number of rotatable bonds is 8. The first-order valence-corrected chi connectivity index (χ1v) is 7.88. The smallest absolute Gasteiger partial charge is 0.240 e. The SMILES string of the molecule is CCCCCCCC(=O)N/N=C/c1ccccc1I. The standard InChI is InChI=1S/C15H21IN2O/c1-2-3-4-5-6-11-15(19)18-17-12-13-9-7-8-10-14(13)16/h7-10,12H,2-6,11H2,1H3,(H,18,19)/b17-12+. The number of nitrogens with one attached hydrogen (secondary N) is 1. The van der Waals surface area contributed by atoms with Crippen molar-refractivity contribution in [3.8, 4) is 0 Å². The summed E-state index contributed by atoms with van der Waals surface area (Å²) in [6, 6.07) is 7.92. The third kappa shape index (κ3) is 7.30. The molecule has 1 aromatic carbocycles. The van der Waals surface area contributed by atoms with E-state index in [1.807, 2.05) is 24.3 Å². The van der Waals surface area contributed by atoms with Crippen LogP contribution in [0.4, 0.5) is 0 Å². The maximum Gasteiger partial charge on any atom is 0.240 e. The van der Waals surface area contributed by atoms with Crippen LogP contribution in [0.5, 0.6) is 0 Å². The Morgan fingerprint density at radius 2 is 2.00 bits per heavy atom. The van der Waals surface area contributed by atoms with E-state index in [4.69, 9.17) is 0 Å². The molecule has 0 heterocycles. The van der Waals surface area contributed by atoms with Gasteiger partial charge in [0.25, 0.3) is 0 Å². The molecule has 1 rings (SSSR count). The highest BCUT2D eigenvalue weighted by Gasteiger charge is 1.99. The molecule has 4 heteroatoms. The maximum absolute atomic E-state index is 11.5. The predicted molar refractivity (Wildman–Crippen MR) is 88.3 cm³/mol. The van der Waals surface area contributed by atoms with Gasteiger partial charge in [-0.2, -0.15) is 5.10 Å². The number of nitrogens with zero attached hydrogens (tertiary/aromatic N) is 1. The molecular formula is C15H21IN2O. The number of unbranched alkanes of at least 4 members (excludes halogenated alkanes) is 4. The summed E-state index contributed by atoms with van der Waals surface area (Å²) in [5, 5.41) is 3.99. The Kier molecular flexibility index (Phi) is 8.45. The van der Waals surface area contributed by atoms with Gasteiger partial charge in [0.05, 0.1) is 6.21 Å². The van der Waals surface area contributed by atoms with Crippen LogP contribution in [0.15, 0.2) is 29.4 Å². The van der Waals surface area contributed by atoms with Crippen LogP contribution < -0.4 is 5.43 Å². The third-order valence-electron chi connectivity index (χ3n) is 2.81. The van der Waals surface area contributed by atoms with E-state index in [2.05, 4.69) is 40.0 Å². The van der Waals surface area contributed by atoms with Crippen LogP contribution in [-0.4, -0.2) is 12.1 Å². The van der Waals surface area contributed by atoms with Crippen molar-refractivity contribution in [2.24, 2.45) is 5.10 Å². The molecule has 3 nitrogen and oxygen atoms in total. The van der Waals surface area contributed by atoms with E-state index in [-0.39, 0.29) is 5.91 Å². The first kappa shape index (κ1) is 16.1. The van der Waals surface area contributed by atoms with Crippen LogP contribution in [0, 0.1) is 3.57 Å². The summed E-state index contributed by atoms with van der Waals surface area (Å²) in [7, 11) is 0. The van der Waals surface area contributed by atoms with Crippen molar-refractivity contribution in [2.75, 3.05) is 0 Å². The van der Waals surface area contributed by atoms with Crippen molar-refractivity contribution < 1.29 is 4.79 Å². The molecule has 0 aromatic heterocycles. The largest absolute Gasteiger partial charge is 0.273 e. The summed E-state index contributed by atoms with van der Waals surface area (Å²) in [6.45, 7) is 2.19. The van der Waals surface area contributed by atoms with Crippen molar-refractivity contribution >= 4 is 34.7 Å². The molecular weight excluding hydrogens is 351 g/mol. The number of carbonyl (C=O) groups is 1. The first-order valence-electron chi connectivity index (χ1n) is 6.80. The Balaban J connectivity index is 2.21. The molecule has 0 unspecified atom stereocenters. The molecule has 0 atom stereocenters. The van der Waals surface area contributed by atoms with Gasteiger partial charge in [-0.15, -0.1) is 0 Å². The van der Waals surface area contributed by atoms with Gasteiger partial charge < -0.3 is 0 Å². The zero-order chi connectivity index (χ0) is 13.9. The summed E-state index contributed by atoms with van der Waals surface area (Å²) in [4.78, 5) is 11.5. The minimum absolute atomic E-state index is 0.00122. The number of hydrogen-bond donors (Lipinski definition) is 1. The number of hydrogen-bond acceptors (Lipinski definition) is 2. The van der Waals surface area contributed by atoms with E-state index in [9.17, 15) is 4.79 Å². The zero-order valence-electron chi connectivity index (χ0n) is 11.4. The van der Waals surface area contributed by atoms with Gasteiger partial charge >= 0.3 is 0 Å². The van der Waals surface area contributed by atoms with Crippen LogP contribution in [-0.2, 0) is 4.79 Å². The molecule has 0 aliphatic rings. The molecule has 19 heavy (non-hydrogen) atoms. The number of halogens is 1. The van der Waals surface area contributed by atoms with Gasteiger partial charge in [0, 0.05) is 15.6 Å². The van der Waals surface area contributed by atoms with Gasteiger partial charge in [0.1, 0.15) is 0 Å². The topological polar surface area (TPSA) is 41.5 Å². The molecule has 0 spiro atoms. The highest BCUT2D eigenvalue weighted by Crippen LogP contribution is 2.08. The molecule has 1 N–H and O–H groups in total. The van der Waals surface area contributed by atoms with Crippen molar-refractivity contribution in [1.29, 1.82) is 0 Å². The fraction of sp³-hybridized carbons (Fsp3) is 0.467. The van der Waals surface area contributed by atoms with E-state index in [1.54, 1.807) is 6.21 Å². The highest BCUT2D eigenvalue weighted by molar-refractivity contribution is 14.1. The fourth-order valence-electron chi connectivity index (χ4n) is 1.70. The summed E-state index contributed by atoms with van der Waals surface area (Å²) in [5.74, 6) is -0.00122. The molecule has 1 aromatic rings.